The minimum Gasteiger partial charge on any atom is -0.257 e. The van der Waals surface area contributed by atoms with Gasteiger partial charge in [0.1, 0.15) is 0 Å². The minimum atomic E-state index is -3.83. The lowest BCUT2D eigenvalue weighted by Crippen LogP contribution is -2.16. The number of benzene rings is 1. The summed E-state index contributed by atoms with van der Waals surface area (Å²) in [6.07, 6.45) is 7.32. The summed E-state index contributed by atoms with van der Waals surface area (Å²) >= 11 is 0. The summed E-state index contributed by atoms with van der Waals surface area (Å²) in [7, 11) is -3.83. The van der Waals surface area contributed by atoms with E-state index in [2.05, 4.69) is 45.4 Å². The Morgan fingerprint density at radius 3 is 2.55 bits per heavy atom. The van der Waals surface area contributed by atoms with Crippen molar-refractivity contribution >= 4 is 16.4 Å². The van der Waals surface area contributed by atoms with E-state index in [1.54, 1.807) is 0 Å². The second-order valence-corrected chi connectivity index (χ2v) is 5.34. The van der Waals surface area contributed by atoms with Crippen LogP contribution in [0.1, 0.15) is 31.2 Å². The molecule has 0 amide bonds. The van der Waals surface area contributed by atoms with Gasteiger partial charge in [-0.15, -0.1) is 11.8 Å². The van der Waals surface area contributed by atoms with Gasteiger partial charge < -0.3 is 0 Å². The lowest BCUT2D eigenvalue weighted by atomic mass is 10.1. The zero-order chi connectivity index (χ0) is 14.7. The average molecular weight is 293 g/mol. The van der Waals surface area contributed by atoms with Crippen molar-refractivity contribution in [2.75, 3.05) is 6.61 Å². The van der Waals surface area contributed by atoms with E-state index in [9.17, 15) is 8.42 Å². The summed E-state index contributed by atoms with van der Waals surface area (Å²) in [5.74, 6) is 5.82. The van der Waals surface area contributed by atoms with Crippen LogP contribution < -0.4 is 5.14 Å². The van der Waals surface area contributed by atoms with Crippen molar-refractivity contribution in [2.45, 2.75) is 25.7 Å². The van der Waals surface area contributed by atoms with Gasteiger partial charge in [0.25, 0.3) is 0 Å². The molecule has 108 valence electrons. The minimum absolute atomic E-state index is 0.0136. The van der Waals surface area contributed by atoms with Crippen LogP contribution in [0.4, 0.5) is 0 Å². The molecule has 1 aromatic rings. The molecule has 0 heterocycles. The molecule has 2 N–H and O–H groups in total. The molecule has 0 fully saturated rings. The predicted molar refractivity (Wildman–Crippen MR) is 80.8 cm³/mol. The lowest BCUT2D eigenvalue weighted by Gasteiger charge is -1.94. The molecular formula is C15H19NO3S. The number of nitrogens with two attached hydrogens (primary N) is 1. The molecule has 1 aromatic carbocycles. The highest BCUT2D eigenvalue weighted by Gasteiger charge is 1.98. The molecule has 0 aromatic heterocycles. The number of rotatable bonds is 7. The quantitative estimate of drug-likeness (QED) is 0.620. The number of hydrogen-bond donors (Lipinski definition) is 1. The first kappa shape index (κ1) is 16.4. The molecule has 0 saturated heterocycles. The Kier molecular flexibility index (Phi) is 7.66. The summed E-state index contributed by atoms with van der Waals surface area (Å²) in [5.41, 5.74) is 1.19. The van der Waals surface area contributed by atoms with Gasteiger partial charge in [0.2, 0.25) is 0 Å². The van der Waals surface area contributed by atoms with Gasteiger partial charge in [0.05, 0.1) is 6.61 Å². The Morgan fingerprint density at radius 1 is 1.15 bits per heavy atom. The molecule has 0 aliphatic heterocycles. The molecule has 0 aliphatic carbocycles. The maximum absolute atomic E-state index is 10.5. The molecule has 5 heteroatoms. The Bertz CT molecular complexity index is 568. The van der Waals surface area contributed by atoms with Crippen molar-refractivity contribution in [3.8, 4) is 11.8 Å². The smallest absolute Gasteiger partial charge is 0.257 e. The Labute approximate surface area is 120 Å². The van der Waals surface area contributed by atoms with Gasteiger partial charge in [-0.25, -0.2) is 5.14 Å². The van der Waals surface area contributed by atoms with E-state index in [0.717, 1.165) is 19.3 Å². The number of allylic oxidation sites excluding steroid dienone is 1. The standard InChI is InChI=1S/C15H19NO3S/c16-20(17,18)19-14-10-5-3-1-2-4-7-11-15-12-8-6-9-13-15/h6-9,11-13H,1-2,4,10,14H2,(H2,16,17,18)/b11-7+. The van der Waals surface area contributed by atoms with Gasteiger partial charge in [-0.3, -0.25) is 4.18 Å². The van der Waals surface area contributed by atoms with Crippen molar-refractivity contribution in [3.63, 3.8) is 0 Å². The third-order valence-corrected chi connectivity index (χ3v) is 2.88. The van der Waals surface area contributed by atoms with Crippen LogP contribution in [0.2, 0.25) is 0 Å². The van der Waals surface area contributed by atoms with Crippen molar-refractivity contribution < 1.29 is 12.6 Å². The van der Waals surface area contributed by atoms with Crippen LogP contribution >= 0.6 is 0 Å². The average Bonchev–Trinajstić information content (AvgIpc) is 2.41. The van der Waals surface area contributed by atoms with Crippen LogP contribution in [-0.2, 0) is 14.5 Å². The monoisotopic (exact) mass is 293 g/mol. The first-order valence-corrected chi connectivity index (χ1v) is 7.89. The van der Waals surface area contributed by atoms with Crippen LogP contribution in [0.25, 0.3) is 6.08 Å². The van der Waals surface area contributed by atoms with E-state index in [4.69, 9.17) is 0 Å². The first-order valence-electron chi connectivity index (χ1n) is 6.42. The lowest BCUT2D eigenvalue weighted by molar-refractivity contribution is 0.327. The molecule has 20 heavy (non-hydrogen) atoms. The molecule has 0 bridgehead atoms. The van der Waals surface area contributed by atoms with Gasteiger partial charge in [-0.2, -0.15) is 8.42 Å². The third kappa shape index (κ3) is 9.34. The van der Waals surface area contributed by atoms with E-state index in [0.29, 0.717) is 6.42 Å². The van der Waals surface area contributed by atoms with Gasteiger partial charge in [-0.1, -0.05) is 42.5 Å². The molecule has 0 spiro atoms. The molecule has 0 atom stereocenters. The molecular weight excluding hydrogens is 274 g/mol. The molecule has 0 unspecified atom stereocenters. The molecule has 4 nitrogen and oxygen atoms in total. The van der Waals surface area contributed by atoms with Crippen LogP contribution in [0.5, 0.6) is 0 Å². The van der Waals surface area contributed by atoms with Gasteiger partial charge in [0, 0.05) is 12.8 Å². The normalized spacial score (nSPS) is 11.2. The van der Waals surface area contributed by atoms with Gasteiger partial charge >= 0.3 is 10.3 Å². The fourth-order valence-electron chi connectivity index (χ4n) is 1.48. The van der Waals surface area contributed by atoms with Gasteiger partial charge in [-0.05, 0) is 18.4 Å². The highest BCUT2D eigenvalue weighted by Crippen LogP contribution is 2.03. The van der Waals surface area contributed by atoms with Crippen LogP contribution in [-0.4, -0.2) is 15.0 Å². The van der Waals surface area contributed by atoms with Crippen molar-refractivity contribution in [1.82, 2.24) is 0 Å². The Hall–Kier alpha value is -1.61. The maximum Gasteiger partial charge on any atom is 0.333 e. The SMILES string of the molecule is NS(=O)(=O)OCCC#CCCC/C=C/c1ccccc1. The summed E-state index contributed by atoms with van der Waals surface area (Å²) < 4.78 is 25.3. The second-order valence-electron chi connectivity index (χ2n) is 4.12. The van der Waals surface area contributed by atoms with Crippen molar-refractivity contribution in [3.05, 3.63) is 42.0 Å². The number of unbranched alkanes of at least 4 members (excludes halogenated alkanes) is 2. The summed E-state index contributed by atoms with van der Waals surface area (Å²) in [4.78, 5) is 0. The molecule has 0 radical (unpaired) electrons. The predicted octanol–water partition coefficient (Wildman–Crippen LogP) is 2.48. The molecule has 0 aliphatic rings. The van der Waals surface area contributed by atoms with Crippen LogP contribution in [0.15, 0.2) is 36.4 Å². The van der Waals surface area contributed by atoms with E-state index in [-0.39, 0.29) is 6.61 Å². The summed E-state index contributed by atoms with van der Waals surface area (Å²) in [6, 6.07) is 10.1. The van der Waals surface area contributed by atoms with Crippen LogP contribution in [0.3, 0.4) is 0 Å². The molecule has 1 rings (SSSR count). The summed E-state index contributed by atoms with van der Waals surface area (Å²) in [6.45, 7) is 0.0136. The highest BCUT2D eigenvalue weighted by molar-refractivity contribution is 7.84. The fourth-order valence-corrected chi connectivity index (χ4v) is 1.79. The summed E-state index contributed by atoms with van der Waals surface area (Å²) in [5, 5.41) is 4.67. The van der Waals surface area contributed by atoms with Crippen molar-refractivity contribution in [2.24, 2.45) is 5.14 Å². The highest BCUT2D eigenvalue weighted by atomic mass is 32.2. The van der Waals surface area contributed by atoms with Crippen molar-refractivity contribution in [1.29, 1.82) is 0 Å². The van der Waals surface area contributed by atoms with E-state index < -0.39 is 10.3 Å². The molecule has 0 saturated carbocycles. The van der Waals surface area contributed by atoms with E-state index in [1.165, 1.54) is 5.56 Å². The zero-order valence-corrected chi connectivity index (χ0v) is 12.1. The maximum atomic E-state index is 10.5. The van der Waals surface area contributed by atoms with Crippen LogP contribution in [0, 0.1) is 11.8 Å². The Balaban J connectivity index is 2.07. The van der Waals surface area contributed by atoms with Gasteiger partial charge in [0.15, 0.2) is 0 Å². The number of hydrogen-bond acceptors (Lipinski definition) is 3. The fraction of sp³-hybridized carbons (Fsp3) is 0.333. The Morgan fingerprint density at radius 2 is 1.85 bits per heavy atom. The first-order chi connectivity index (χ1) is 9.58. The second kappa shape index (κ2) is 9.32. The van der Waals surface area contributed by atoms with E-state index >= 15 is 0 Å². The van der Waals surface area contributed by atoms with E-state index in [1.807, 2.05) is 18.2 Å². The largest absolute Gasteiger partial charge is 0.333 e. The third-order valence-electron chi connectivity index (χ3n) is 2.38. The zero-order valence-electron chi connectivity index (χ0n) is 11.3. The topological polar surface area (TPSA) is 69.4 Å².